The highest BCUT2D eigenvalue weighted by Crippen LogP contribution is 2.47. The summed E-state index contributed by atoms with van der Waals surface area (Å²) in [6.45, 7) is 0. The molecule has 0 N–H and O–H groups in total. The van der Waals surface area contributed by atoms with E-state index in [1.165, 1.54) is 0 Å². The SMILES string of the molecule is [2H]c1c([2H])c([2H])c(-c2ccc(-c3ccc(N(c4ccccc4-c4c([2H])c([2H])c([2H])c([2H])c4[2H])c4ccccc4-c4cccc5c4c4ccccc4n5-c4ccccc4)cc3)cc2)c([2H])c1[2H]. The molecule has 0 aliphatic heterocycles. The molecule has 0 aliphatic carbocycles. The fourth-order valence-electron chi connectivity index (χ4n) is 7.69. The number of rotatable bonds is 8. The Morgan fingerprint density at radius 3 is 1.55 bits per heavy atom. The zero-order valence-corrected chi connectivity index (χ0v) is 30.1. The Labute approximate surface area is 341 Å². The molecule has 56 heavy (non-hydrogen) atoms. The van der Waals surface area contributed by atoms with Crippen molar-refractivity contribution in [3.63, 3.8) is 0 Å². The van der Waals surface area contributed by atoms with Crippen molar-refractivity contribution in [2.24, 2.45) is 0 Å². The minimum absolute atomic E-state index is 0.0861. The van der Waals surface area contributed by atoms with Gasteiger partial charge < -0.3 is 9.47 Å². The van der Waals surface area contributed by atoms with Gasteiger partial charge in [0.25, 0.3) is 0 Å². The quantitative estimate of drug-likeness (QED) is 0.151. The van der Waals surface area contributed by atoms with Crippen LogP contribution in [0.3, 0.4) is 0 Å². The molecular weight excluding hydrogens is 677 g/mol. The van der Waals surface area contributed by atoms with Crippen LogP contribution in [-0.4, -0.2) is 4.57 Å². The monoisotopic (exact) mass is 724 g/mol. The first-order valence-electron chi connectivity index (χ1n) is 23.4. The van der Waals surface area contributed by atoms with Crippen molar-refractivity contribution in [2.45, 2.75) is 0 Å². The number of benzene rings is 9. The van der Waals surface area contributed by atoms with E-state index in [4.69, 9.17) is 13.7 Å². The molecule has 0 fully saturated rings. The molecule has 10 aromatic rings. The average molecular weight is 725 g/mol. The van der Waals surface area contributed by atoms with Crippen molar-refractivity contribution in [3.05, 3.63) is 230 Å². The molecule has 1 heterocycles. The van der Waals surface area contributed by atoms with Gasteiger partial charge in [-0.1, -0.05) is 182 Å². The fourth-order valence-corrected chi connectivity index (χ4v) is 7.69. The van der Waals surface area contributed by atoms with Crippen LogP contribution >= 0.6 is 0 Å². The van der Waals surface area contributed by atoms with Crippen molar-refractivity contribution in [1.82, 2.24) is 4.57 Å². The minimum Gasteiger partial charge on any atom is -0.309 e. The molecule has 0 radical (unpaired) electrons. The lowest BCUT2D eigenvalue weighted by Gasteiger charge is -2.30. The molecule has 0 unspecified atom stereocenters. The summed E-state index contributed by atoms with van der Waals surface area (Å²) >= 11 is 0. The summed E-state index contributed by atoms with van der Waals surface area (Å²) in [7, 11) is 0. The zero-order chi connectivity index (χ0) is 46.0. The fraction of sp³-hybridized carbons (Fsp3) is 0. The highest BCUT2D eigenvalue weighted by atomic mass is 15.1. The van der Waals surface area contributed by atoms with Crippen LogP contribution in [0.25, 0.3) is 72.0 Å². The molecule has 2 nitrogen and oxygen atoms in total. The average Bonchev–Trinajstić information content (AvgIpc) is 3.70. The first-order valence-corrected chi connectivity index (χ1v) is 18.4. The van der Waals surface area contributed by atoms with Gasteiger partial charge in [-0.15, -0.1) is 0 Å². The van der Waals surface area contributed by atoms with Crippen molar-refractivity contribution >= 4 is 38.9 Å². The molecule has 10 rings (SSSR count). The second kappa shape index (κ2) is 14.4. The predicted molar refractivity (Wildman–Crippen MR) is 237 cm³/mol. The van der Waals surface area contributed by atoms with Crippen LogP contribution in [-0.2, 0) is 0 Å². The molecular formula is C54H38N2. The van der Waals surface area contributed by atoms with E-state index in [0.29, 0.717) is 16.8 Å². The smallest absolute Gasteiger partial charge is 0.0629 e. The first kappa shape index (κ1) is 24.1. The van der Waals surface area contributed by atoms with Crippen molar-refractivity contribution in [3.8, 4) is 50.2 Å². The predicted octanol–water partition coefficient (Wildman–Crippen LogP) is 14.9. The first-order chi connectivity index (χ1) is 32.0. The minimum atomic E-state index is -0.465. The Morgan fingerprint density at radius 2 is 0.857 bits per heavy atom. The lowest BCUT2D eigenvalue weighted by atomic mass is 9.95. The molecule has 0 saturated heterocycles. The number of hydrogen-bond acceptors (Lipinski definition) is 1. The molecule has 264 valence electrons. The van der Waals surface area contributed by atoms with Crippen molar-refractivity contribution < 1.29 is 13.7 Å². The standard InChI is InChI=1S/C54H38N2/c1-4-17-39(18-5-1)40-31-33-41(34-32-40)42-35-37-45(38-36-42)55(50-27-13-10-23-46(50)43-19-6-2-7-20-43)51-28-14-11-24-47(51)48-26-16-30-53-54(48)49-25-12-15-29-52(49)56(53)44-21-8-3-9-22-44/h1-38H/i1D,2D,4D,5D,6D,7D,17D,18D,19D,20D. The maximum atomic E-state index is 9.04. The van der Waals surface area contributed by atoms with Gasteiger partial charge in [0.05, 0.1) is 36.1 Å². The number of hydrogen-bond donors (Lipinski definition) is 0. The maximum Gasteiger partial charge on any atom is 0.0629 e. The number of aromatic nitrogens is 1. The molecule has 0 bridgehead atoms. The van der Waals surface area contributed by atoms with Gasteiger partial charge in [-0.3, -0.25) is 0 Å². The van der Waals surface area contributed by atoms with Gasteiger partial charge in [-0.05, 0) is 81.9 Å². The Bertz CT molecular complexity index is 3470. The van der Waals surface area contributed by atoms with Gasteiger partial charge in [-0.25, -0.2) is 0 Å². The van der Waals surface area contributed by atoms with Gasteiger partial charge >= 0.3 is 0 Å². The zero-order valence-electron chi connectivity index (χ0n) is 40.1. The Kier molecular flexibility index (Phi) is 6.21. The number of para-hydroxylation sites is 4. The summed E-state index contributed by atoms with van der Waals surface area (Å²) in [5.41, 5.74) is 10.0. The summed E-state index contributed by atoms with van der Waals surface area (Å²) in [5, 5.41) is 2.14. The third kappa shape index (κ3) is 5.95. The second-order valence-electron chi connectivity index (χ2n) is 13.4. The summed E-state index contributed by atoms with van der Waals surface area (Å²) in [4.78, 5) is 2.08. The molecule has 2 heteroatoms. The highest BCUT2D eigenvalue weighted by molar-refractivity contribution is 6.17. The Hall–Kier alpha value is -7.42. The van der Waals surface area contributed by atoms with E-state index in [2.05, 4.69) is 58.0 Å². The second-order valence-corrected chi connectivity index (χ2v) is 13.4. The summed E-state index contributed by atoms with van der Waals surface area (Å²) in [6.07, 6.45) is 0. The van der Waals surface area contributed by atoms with E-state index in [1.54, 1.807) is 24.3 Å². The molecule has 9 aromatic carbocycles. The largest absolute Gasteiger partial charge is 0.309 e. The van der Waals surface area contributed by atoms with Gasteiger partial charge in [0.2, 0.25) is 0 Å². The van der Waals surface area contributed by atoms with Crippen molar-refractivity contribution in [2.75, 3.05) is 4.90 Å². The van der Waals surface area contributed by atoms with E-state index in [-0.39, 0.29) is 47.4 Å². The van der Waals surface area contributed by atoms with E-state index in [1.807, 2.05) is 97.1 Å². The van der Waals surface area contributed by atoms with Crippen LogP contribution in [0, 0.1) is 0 Å². The van der Waals surface area contributed by atoms with Gasteiger partial charge in [0.15, 0.2) is 0 Å². The van der Waals surface area contributed by atoms with E-state index in [9.17, 15) is 0 Å². The lowest BCUT2D eigenvalue weighted by Crippen LogP contribution is -2.12. The Morgan fingerprint density at radius 1 is 0.357 bits per heavy atom. The van der Waals surface area contributed by atoms with Crippen LogP contribution in [0.15, 0.2) is 230 Å². The summed E-state index contributed by atoms with van der Waals surface area (Å²) < 4.78 is 87.2. The topological polar surface area (TPSA) is 8.17 Å². The molecule has 1 aromatic heterocycles. The van der Waals surface area contributed by atoms with Gasteiger partial charge in [0, 0.05) is 33.3 Å². The molecule has 0 aliphatic rings. The molecule has 0 saturated carbocycles. The molecule has 0 spiro atoms. The summed E-state index contributed by atoms with van der Waals surface area (Å²) in [5.74, 6) is 0. The van der Waals surface area contributed by atoms with Gasteiger partial charge in [-0.2, -0.15) is 0 Å². The van der Waals surface area contributed by atoms with Gasteiger partial charge in [0.1, 0.15) is 0 Å². The van der Waals surface area contributed by atoms with Crippen LogP contribution < -0.4 is 4.90 Å². The van der Waals surface area contributed by atoms with Crippen LogP contribution in [0.4, 0.5) is 17.1 Å². The van der Waals surface area contributed by atoms with E-state index >= 15 is 0 Å². The van der Waals surface area contributed by atoms with Crippen LogP contribution in [0.5, 0.6) is 0 Å². The number of fused-ring (bicyclic) bond motifs is 3. The normalized spacial score (nSPS) is 13.7. The molecule has 0 atom stereocenters. The number of nitrogens with zero attached hydrogens (tertiary/aromatic N) is 2. The van der Waals surface area contributed by atoms with Crippen LogP contribution in [0.2, 0.25) is 0 Å². The third-order valence-corrected chi connectivity index (χ3v) is 10.2. The lowest BCUT2D eigenvalue weighted by molar-refractivity contribution is 1.18. The third-order valence-electron chi connectivity index (χ3n) is 10.2. The summed E-state index contributed by atoms with van der Waals surface area (Å²) in [6, 6.07) is 51.9. The van der Waals surface area contributed by atoms with E-state index < -0.39 is 24.2 Å². The van der Waals surface area contributed by atoms with E-state index in [0.717, 1.165) is 61.1 Å². The highest BCUT2D eigenvalue weighted by Gasteiger charge is 2.23. The number of anilines is 3. The van der Waals surface area contributed by atoms with Crippen LogP contribution in [0.1, 0.15) is 13.7 Å². The molecule has 0 amide bonds. The maximum absolute atomic E-state index is 9.04. The van der Waals surface area contributed by atoms with Crippen molar-refractivity contribution in [1.29, 1.82) is 0 Å². The Balaban J connectivity index is 1.17.